The summed E-state index contributed by atoms with van der Waals surface area (Å²) in [6, 6.07) is 13.7. The first kappa shape index (κ1) is 12.4. The molecule has 20 heavy (non-hydrogen) atoms. The zero-order valence-electron chi connectivity index (χ0n) is 11.5. The predicted octanol–water partition coefficient (Wildman–Crippen LogP) is 2.97. The Kier molecular flexibility index (Phi) is 2.96. The Morgan fingerprint density at radius 2 is 1.55 bits per heavy atom. The summed E-state index contributed by atoms with van der Waals surface area (Å²) in [5.74, 6) is 0. The molecule has 3 aromatic rings. The number of fused-ring (bicyclic) bond motifs is 1. The zero-order chi connectivity index (χ0) is 14.1. The van der Waals surface area contributed by atoms with Gasteiger partial charge in [-0.2, -0.15) is 20.3 Å². The Hall–Kier alpha value is -2.67. The van der Waals surface area contributed by atoms with Crippen LogP contribution in [-0.4, -0.2) is 15.0 Å². The van der Waals surface area contributed by atoms with Gasteiger partial charge in [0.1, 0.15) is 11.0 Å². The first-order valence-corrected chi connectivity index (χ1v) is 6.47. The predicted molar refractivity (Wildman–Crippen MR) is 77.3 cm³/mol. The second-order valence-corrected chi connectivity index (χ2v) is 4.96. The molecular formula is C16H14N4. The maximum absolute atomic E-state index is 8.79. The number of benzene rings is 2. The van der Waals surface area contributed by atoms with Crippen LogP contribution in [0.2, 0.25) is 0 Å². The van der Waals surface area contributed by atoms with Crippen molar-refractivity contribution in [2.75, 3.05) is 0 Å². The second-order valence-electron chi connectivity index (χ2n) is 4.96. The smallest absolute Gasteiger partial charge is 0.113 e. The molecule has 0 atom stereocenters. The summed E-state index contributed by atoms with van der Waals surface area (Å²) in [4.78, 5) is 1.70. The number of aryl methyl sites for hydroxylation is 2. The standard InChI is InChI=1S/C16H14N4/c1-11-7-15-16(8-12(11)2)19-20(18-15)10-14-5-3-13(9-17)4-6-14/h3-8H,10H2,1-2H3. The molecular weight excluding hydrogens is 248 g/mol. The summed E-state index contributed by atoms with van der Waals surface area (Å²) in [7, 11) is 0. The fourth-order valence-corrected chi connectivity index (χ4v) is 2.14. The van der Waals surface area contributed by atoms with Crippen LogP contribution < -0.4 is 0 Å². The van der Waals surface area contributed by atoms with Gasteiger partial charge in [0.05, 0.1) is 18.2 Å². The lowest BCUT2D eigenvalue weighted by Crippen LogP contribution is -2.03. The van der Waals surface area contributed by atoms with Crippen molar-refractivity contribution in [3.8, 4) is 6.07 Å². The molecule has 2 aromatic carbocycles. The summed E-state index contributed by atoms with van der Waals surface area (Å²) in [5.41, 5.74) is 6.03. The topological polar surface area (TPSA) is 54.5 Å². The van der Waals surface area contributed by atoms with E-state index in [0.717, 1.165) is 16.6 Å². The third kappa shape index (κ3) is 2.26. The molecule has 4 nitrogen and oxygen atoms in total. The Morgan fingerprint density at radius 1 is 1.00 bits per heavy atom. The van der Waals surface area contributed by atoms with Gasteiger partial charge >= 0.3 is 0 Å². The van der Waals surface area contributed by atoms with E-state index in [1.165, 1.54) is 11.1 Å². The molecule has 0 amide bonds. The number of aromatic nitrogens is 3. The van der Waals surface area contributed by atoms with E-state index in [0.29, 0.717) is 12.1 Å². The fourth-order valence-electron chi connectivity index (χ4n) is 2.14. The van der Waals surface area contributed by atoms with Crippen LogP contribution >= 0.6 is 0 Å². The number of nitrogens with zero attached hydrogens (tertiary/aromatic N) is 4. The molecule has 98 valence electrons. The highest BCUT2D eigenvalue weighted by atomic mass is 15.5. The monoisotopic (exact) mass is 262 g/mol. The summed E-state index contributed by atoms with van der Waals surface area (Å²) >= 11 is 0. The van der Waals surface area contributed by atoms with Crippen LogP contribution in [0.3, 0.4) is 0 Å². The van der Waals surface area contributed by atoms with Gasteiger partial charge in [-0.15, -0.1) is 0 Å². The van der Waals surface area contributed by atoms with E-state index in [2.05, 4.69) is 42.2 Å². The highest BCUT2D eigenvalue weighted by Crippen LogP contribution is 2.16. The van der Waals surface area contributed by atoms with Crippen LogP contribution in [0.4, 0.5) is 0 Å². The summed E-state index contributed by atoms with van der Waals surface area (Å²) < 4.78 is 0. The molecule has 0 fully saturated rings. The van der Waals surface area contributed by atoms with Gasteiger partial charge in [-0.25, -0.2) is 0 Å². The van der Waals surface area contributed by atoms with E-state index in [4.69, 9.17) is 5.26 Å². The van der Waals surface area contributed by atoms with Crippen molar-refractivity contribution in [1.29, 1.82) is 5.26 Å². The number of nitriles is 1. The van der Waals surface area contributed by atoms with Crippen molar-refractivity contribution in [3.05, 3.63) is 58.7 Å². The number of hydrogen-bond donors (Lipinski definition) is 0. The Morgan fingerprint density at radius 3 is 2.05 bits per heavy atom. The van der Waals surface area contributed by atoms with Crippen LogP contribution in [0, 0.1) is 25.2 Å². The third-order valence-corrected chi connectivity index (χ3v) is 3.44. The van der Waals surface area contributed by atoms with Crippen LogP contribution in [-0.2, 0) is 6.54 Å². The average Bonchev–Trinajstić information content (AvgIpc) is 2.81. The van der Waals surface area contributed by atoms with Crippen LogP contribution in [0.1, 0.15) is 22.3 Å². The Labute approximate surface area is 117 Å². The molecule has 0 bridgehead atoms. The quantitative estimate of drug-likeness (QED) is 0.713. The molecule has 1 aromatic heterocycles. The zero-order valence-corrected chi connectivity index (χ0v) is 11.5. The number of rotatable bonds is 2. The third-order valence-electron chi connectivity index (χ3n) is 3.44. The lowest BCUT2D eigenvalue weighted by Gasteiger charge is -1.99. The first-order chi connectivity index (χ1) is 9.65. The molecule has 3 rings (SSSR count). The molecule has 0 saturated heterocycles. The van der Waals surface area contributed by atoms with E-state index in [9.17, 15) is 0 Å². The van der Waals surface area contributed by atoms with Crippen LogP contribution in [0.15, 0.2) is 36.4 Å². The van der Waals surface area contributed by atoms with Gasteiger partial charge < -0.3 is 0 Å². The van der Waals surface area contributed by atoms with E-state index in [1.807, 2.05) is 24.3 Å². The average molecular weight is 262 g/mol. The highest BCUT2D eigenvalue weighted by molar-refractivity contribution is 5.75. The van der Waals surface area contributed by atoms with Gasteiger partial charge in [0, 0.05) is 0 Å². The molecule has 0 radical (unpaired) electrons. The minimum absolute atomic E-state index is 0.610. The van der Waals surface area contributed by atoms with Gasteiger partial charge in [0.25, 0.3) is 0 Å². The molecule has 0 N–H and O–H groups in total. The molecule has 0 spiro atoms. The lowest BCUT2D eigenvalue weighted by atomic mass is 10.1. The summed E-state index contributed by atoms with van der Waals surface area (Å²) in [6.45, 7) is 4.77. The maximum atomic E-state index is 8.79. The summed E-state index contributed by atoms with van der Waals surface area (Å²) in [6.07, 6.45) is 0. The molecule has 1 heterocycles. The SMILES string of the molecule is Cc1cc2nn(Cc3ccc(C#N)cc3)nc2cc1C. The largest absolute Gasteiger partial charge is 0.192 e. The fraction of sp³-hybridized carbons (Fsp3) is 0.188. The highest BCUT2D eigenvalue weighted by Gasteiger charge is 2.05. The van der Waals surface area contributed by atoms with E-state index in [1.54, 1.807) is 4.80 Å². The van der Waals surface area contributed by atoms with Gasteiger partial charge in [0.15, 0.2) is 0 Å². The molecule has 4 heteroatoms. The molecule has 0 aliphatic heterocycles. The van der Waals surface area contributed by atoms with Crippen LogP contribution in [0.5, 0.6) is 0 Å². The lowest BCUT2D eigenvalue weighted by molar-refractivity contribution is 0.600. The minimum atomic E-state index is 0.610. The van der Waals surface area contributed by atoms with Crippen molar-refractivity contribution in [3.63, 3.8) is 0 Å². The molecule has 0 aliphatic carbocycles. The summed E-state index contributed by atoms with van der Waals surface area (Å²) in [5, 5.41) is 17.8. The van der Waals surface area contributed by atoms with Crippen LogP contribution in [0.25, 0.3) is 11.0 Å². The Balaban J connectivity index is 1.92. The van der Waals surface area contributed by atoms with E-state index >= 15 is 0 Å². The number of hydrogen-bond acceptors (Lipinski definition) is 3. The van der Waals surface area contributed by atoms with Crippen molar-refractivity contribution >= 4 is 11.0 Å². The van der Waals surface area contributed by atoms with Gasteiger partial charge in [-0.3, -0.25) is 0 Å². The van der Waals surface area contributed by atoms with Crippen molar-refractivity contribution in [2.24, 2.45) is 0 Å². The van der Waals surface area contributed by atoms with Gasteiger partial charge in [0.2, 0.25) is 0 Å². The van der Waals surface area contributed by atoms with Crippen molar-refractivity contribution in [2.45, 2.75) is 20.4 Å². The molecule has 0 saturated carbocycles. The van der Waals surface area contributed by atoms with Gasteiger partial charge in [-0.05, 0) is 54.8 Å². The molecule has 0 aliphatic rings. The second kappa shape index (κ2) is 4.78. The van der Waals surface area contributed by atoms with E-state index < -0.39 is 0 Å². The normalized spacial score (nSPS) is 10.7. The Bertz CT molecular complexity index is 768. The van der Waals surface area contributed by atoms with E-state index in [-0.39, 0.29) is 0 Å². The molecule has 0 unspecified atom stereocenters. The van der Waals surface area contributed by atoms with Crippen molar-refractivity contribution < 1.29 is 0 Å². The van der Waals surface area contributed by atoms with Crippen molar-refractivity contribution in [1.82, 2.24) is 15.0 Å². The van der Waals surface area contributed by atoms with Gasteiger partial charge in [-0.1, -0.05) is 12.1 Å². The first-order valence-electron chi connectivity index (χ1n) is 6.47. The maximum Gasteiger partial charge on any atom is 0.113 e. The minimum Gasteiger partial charge on any atom is -0.192 e.